The third kappa shape index (κ3) is 4.06. The van der Waals surface area contributed by atoms with E-state index in [1.807, 2.05) is 0 Å². The van der Waals surface area contributed by atoms with E-state index in [9.17, 15) is 4.79 Å². The molecule has 3 nitrogen and oxygen atoms in total. The number of carbonyl (C=O) groups excluding carboxylic acids is 1. The van der Waals surface area contributed by atoms with Gasteiger partial charge in [-0.15, -0.1) is 0 Å². The van der Waals surface area contributed by atoms with E-state index in [0.29, 0.717) is 22.3 Å². The maximum Gasteiger partial charge on any atom is 0.339 e. The highest BCUT2D eigenvalue weighted by molar-refractivity contribution is 9.10. The largest absolute Gasteiger partial charge is 0.461 e. The molecule has 0 aliphatic rings. The third-order valence-electron chi connectivity index (χ3n) is 1.88. The fourth-order valence-electron chi connectivity index (χ4n) is 1.11. The Labute approximate surface area is 108 Å². The molecular formula is C11H14BrNO2S. The van der Waals surface area contributed by atoms with Gasteiger partial charge in [-0.25, -0.2) is 4.79 Å². The van der Waals surface area contributed by atoms with Crippen LogP contribution in [0.15, 0.2) is 22.7 Å². The fourth-order valence-corrected chi connectivity index (χ4v) is 2.01. The van der Waals surface area contributed by atoms with Gasteiger partial charge in [0.05, 0.1) is 5.56 Å². The number of hydrogen-bond acceptors (Lipinski definition) is 4. The summed E-state index contributed by atoms with van der Waals surface area (Å²) in [6.45, 7) is 2.50. The summed E-state index contributed by atoms with van der Waals surface area (Å²) in [6, 6.07) is 5.08. The van der Waals surface area contributed by atoms with Crippen molar-refractivity contribution < 1.29 is 9.53 Å². The minimum atomic E-state index is -0.337. The molecule has 1 aromatic carbocycles. The number of rotatable bonds is 5. The molecule has 0 amide bonds. The van der Waals surface area contributed by atoms with Crippen LogP contribution in [-0.2, 0) is 4.74 Å². The Bertz CT molecular complexity index is 371. The average Bonchev–Trinajstić information content (AvgIpc) is 2.27. The molecule has 1 aromatic rings. The van der Waals surface area contributed by atoms with Crippen LogP contribution in [0.2, 0.25) is 0 Å². The van der Waals surface area contributed by atoms with Gasteiger partial charge in [0.1, 0.15) is 6.61 Å². The molecule has 0 spiro atoms. The minimum Gasteiger partial charge on any atom is -0.461 e. The predicted octanol–water partition coefficient (Wildman–Crippen LogP) is 2.94. The molecule has 0 radical (unpaired) electrons. The van der Waals surface area contributed by atoms with Gasteiger partial charge < -0.3 is 10.5 Å². The van der Waals surface area contributed by atoms with Crippen LogP contribution in [0.25, 0.3) is 0 Å². The molecule has 0 saturated carbocycles. The number of halogens is 1. The van der Waals surface area contributed by atoms with Crippen LogP contribution in [0, 0.1) is 0 Å². The van der Waals surface area contributed by atoms with Gasteiger partial charge in [-0.2, -0.15) is 11.8 Å². The molecule has 0 heterocycles. The first-order chi connectivity index (χ1) is 7.65. The monoisotopic (exact) mass is 303 g/mol. The molecule has 2 N–H and O–H groups in total. The Hall–Kier alpha value is -0.680. The molecule has 0 bridgehead atoms. The van der Waals surface area contributed by atoms with Gasteiger partial charge in [0.25, 0.3) is 0 Å². The summed E-state index contributed by atoms with van der Waals surface area (Å²) in [7, 11) is 0. The van der Waals surface area contributed by atoms with Crippen LogP contribution >= 0.6 is 27.7 Å². The van der Waals surface area contributed by atoms with Gasteiger partial charge in [-0.1, -0.05) is 6.92 Å². The van der Waals surface area contributed by atoms with Crippen molar-refractivity contribution in [3.05, 3.63) is 28.2 Å². The maximum atomic E-state index is 11.7. The van der Waals surface area contributed by atoms with Crippen LogP contribution in [0.1, 0.15) is 17.3 Å². The van der Waals surface area contributed by atoms with Gasteiger partial charge in [-0.3, -0.25) is 0 Å². The summed E-state index contributed by atoms with van der Waals surface area (Å²) in [5.41, 5.74) is 6.64. The highest BCUT2D eigenvalue weighted by atomic mass is 79.9. The minimum absolute atomic E-state index is 0.337. The summed E-state index contributed by atoms with van der Waals surface area (Å²) in [5.74, 6) is 1.51. The molecule has 16 heavy (non-hydrogen) atoms. The first kappa shape index (κ1) is 13.4. The molecule has 0 saturated heterocycles. The molecule has 0 aliphatic carbocycles. The summed E-state index contributed by atoms with van der Waals surface area (Å²) in [4.78, 5) is 11.7. The zero-order valence-electron chi connectivity index (χ0n) is 9.03. The first-order valence-electron chi connectivity index (χ1n) is 4.95. The van der Waals surface area contributed by atoms with Gasteiger partial charge >= 0.3 is 5.97 Å². The maximum absolute atomic E-state index is 11.7. The van der Waals surface area contributed by atoms with E-state index in [1.54, 1.807) is 30.0 Å². The van der Waals surface area contributed by atoms with E-state index < -0.39 is 0 Å². The lowest BCUT2D eigenvalue weighted by Gasteiger charge is -2.06. The van der Waals surface area contributed by atoms with E-state index in [-0.39, 0.29) is 5.97 Å². The molecule has 0 fully saturated rings. The molecule has 0 unspecified atom stereocenters. The van der Waals surface area contributed by atoms with Crippen LogP contribution < -0.4 is 5.73 Å². The Balaban J connectivity index is 2.55. The van der Waals surface area contributed by atoms with Crippen molar-refractivity contribution in [3.8, 4) is 0 Å². The summed E-state index contributed by atoms with van der Waals surface area (Å²) in [5, 5.41) is 0. The standard InChI is InChI=1S/C11H14BrNO2S/c1-2-16-6-5-15-11(14)9-7-8(13)3-4-10(9)12/h3-4,7H,2,5-6,13H2,1H3. The van der Waals surface area contributed by atoms with E-state index in [4.69, 9.17) is 10.5 Å². The van der Waals surface area contributed by atoms with Crippen LogP contribution in [-0.4, -0.2) is 24.1 Å². The van der Waals surface area contributed by atoms with E-state index in [0.717, 1.165) is 11.5 Å². The van der Waals surface area contributed by atoms with Gasteiger partial charge in [0, 0.05) is 15.9 Å². The lowest BCUT2D eigenvalue weighted by atomic mass is 10.2. The molecule has 88 valence electrons. The van der Waals surface area contributed by atoms with Crippen molar-refractivity contribution in [2.75, 3.05) is 23.8 Å². The Kier molecular flexibility index (Phi) is 5.69. The van der Waals surface area contributed by atoms with E-state index in [1.165, 1.54) is 0 Å². The van der Waals surface area contributed by atoms with Gasteiger partial charge in [0.15, 0.2) is 0 Å². The first-order valence-corrected chi connectivity index (χ1v) is 6.89. The second-order valence-electron chi connectivity index (χ2n) is 3.07. The number of thioether (sulfide) groups is 1. The quantitative estimate of drug-likeness (QED) is 0.516. The van der Waals surface area contributed by atoms with E-state index in [2.05, 4.69) is 22.9 Å². The molecular weight excluding hydrogens is 290 g/mol. The number of carbonyl (C=O) groups is 1. The smallest absolute Gasteiger partial charge is 0.339 e. The van der Waals surface area contributed by atoms with Gasteiger partial charge in [-0.05, 0) is 39.9 Å². The fraction of sp³-hybridized carbons (Fsp3) is 0.364. The predicted molar refractivity (Wildman–Crippen MR) is 71.8 cm³/mol. The molecule has 1 rings (SSSR count). The van der Waals surface area contributed by atoms with Crippen molar-refractivity contribution in [2.24, 2.45) is 0 Å². The summed E-state index contributed by atoms with van der Waals surface area (Å²) in [6.07, 6.45) is 0. The second kappa shape index (κ2) is 6.81. The molecule has 0 aliphatic heterocycles. The molecule has 5 heteroatoms. The van der Waals surface area contributed by atoms with Crippen LogP contribution in [0.3, 0.4) is 0 Å². The Morgan fingerprint density at radius 1 is 1.56 bits per heavy atom. The molecule has 0 aromatic heterocycles. The highest BCUT2D eigenvalue weighted by Gasteiger charge is 2.11. The summed E-state index contributed by atoms with van der Waals surface area (Å²) >= 11 is 5.03. The van der Waals surface area contributed by atoms with Crippen LogP contribution in [0.5, 0.6) is 0 Å². The normalized spacial score (nSPS) is 10.1. The molecule has 0 atom stereocenters. The van der Waals surface area contributed by atoms with Crippen molar-refractivity contribution in [2.45, 2.75) is 6.92 Å². The third-order valence-corrected chi connectivity index (χ3v) is 3.43. The number of ether oxygens (including phenoxy) is 1. The zero-order chi connectivity index (χ0) is 12.0. The van der Waals surface area contributed by atoms with Crippen molar-refractivity contribution in [1.82, 2.24) is 0 Å². The number of nitrogens with two attached hydrogens (primary N) is 1. The summed E-state index contributed by atoms with van der Waals surface area (Å²) < 4.78 is 5.82. The van der Waals surface area contributed by atoms with Gasteiger partial charge in [0.2, 0.25) is 0 Å². The number of anilines is 1. The van der Waals surface area contributed by atoms with E-state index >= 15 is 0 Å². The van der Waals surface area contributed by atoms with Crippen molar-refractivity contribution in [3.63, 3.8) is 0 Å². The topological polar surface area (TPSA) is 52.3 Å². The average molecular weight is 304 g/mol. The number of nitrogen functional groups attached to an aromatic ring is 1. The van der Waals surface area contributed by atoms with Crippen molar-refractivity contribution in [1.29, 1.82) is 0 Å². The number of benzene rings is 1. The lowest BCUT2D eigenvalue weighted by Crippen LogP contribution is -2.09. The Morgan fingerprint density at radius 3 is 3.00 bits per heavy atom. The van der Waals surface area contributed by atoms with Crippen molar-refractivity contribution >= 4 is 39.3 Å². The van der Waals surface area contributed by atoms with Crippen LogP contribution in [0.4, 0.5) is 5.69 Å². The number of hydrogen-bond donors (Lipinski definition) is 1. The lowest BCUT2D eigenvalue weighted by molar-refractivity contribution is 0.0529. The SMILES string of the molecule is CCSCCOC(=O)c1cc(N)ccc1Br. The zero-order valence-corrected chi connectivity index (χ0v) is 11.4. The highest BCUT2D eigenvalue weighted by Crippen LogP contribution is 2.20. The Morgan fingerprint density at radius 2 is 2.31 bits per heavy atom. The second-order valence-corrected chi connectivity index (χ2v) is 5.32. The number of esters is 1.